The molecule has 1 saturated carbocycles. The van der Waals surface area contributed by atoms with Gasteiger partial charge < -0.3 is 9.88 Å². The van der Waals surface area contributed by atoms with Gasteiger partial charge >= 0.3 is 0 Å². The number of benzene rings is 1. The van der Waals surface area contributed by atoms with Crippen molar-refractivity contribution in [2.24, 2.45) is 0 Å². The van der Waals surface area contributed by atoms with E-state index < -0.39 is 0 Å². The summed E-state index contributed by atoms with van der Waals surface area (Å²) in [5, 5.41) is 6.08. The fourth-order valence-corrected chi connectivity index (χ4v) is 4.99. The molecule has 2 fully saturated rings. The molecular formula is C24H32ClN5O2. The number of aromatic amines is 1. The van der Waals surface area contributed by atoms with Gasteiger partial charge in [-0.05, 0) is 56.3 Å². The number of carbonyl (C=O) groups excluding carboxylic acids is 1. The van der Waals surface area contributed by atoms with Crippen molar-refractivity contribution in [3.8, 4) is 0 Å². The predicted molar refractivity (Wildman–Crippen MR) is 130 cm³/mol. The summed E-state index contributed by atoms with van der Waals surface area (Å²) in [5.74, 6) is 0.101. The number of aromatic nitrogens is 3. The number of aryl methyl sites for hydroxylation is 1. The van der Waals surface area contributed by atoms with Gasteiger partial charge in [0.15, 0.2) is 0 Å². The van der Waals surface area contributed by atoms with Crippen molar-refractivity contribution in [3.63, 3.8) is 0 Å². The third-order valence-electron chi connectivity index (χ3n) is 7.02. The fourth-order valence-electron chi connectivity index (χ4n) is 4.99. The van der Waals surface area contributed by atoms with Gasteiger partial charge in [0.2, 0.25) is 0 Å². The Morgan fingerprint density at radius 1 is 1.12 bits per heavy atom. The maximum Gasteiger partial charge on any atom is 0.259 e. The van der Waals surface area contributed by atoms with Gasteiger partial charge in [0, 0.05) is 37.1 Å². The van der Waals surface area contributed by atoms with E-state index >= 15 is 0 Å². The highest BCUT2D eigenvalue weighted by molar-refractivity contribution is 6.07. The lowest BCUT2D eigenvalue weighted by atomic mass is 9.93. The number of rotatable bonds is 5. The molecule has 0 bridgehead atoms. The highest BCUT2D eigenvalue weighted by Gasteiger charge is 2.26. The summed E-state index contributed by atoms with van der Waals surface area (Å²) in [6, 6.07) is 4.35. The van der Waals surface area contributed by atoms with Crippen molar-refractivity contribution in [3.05, 3.63) is 39.8 Å². The van der Waals surface area contributed by atoms with Crippen LogP contribution in [0.1, 0.15) is 61.5 Å². The fraction of sp³-hybridized carbons (Fsp3) is 0.542. The smallest absolute Gasteiger partial charge is 0.259 e. The van der Waals surface area contributed by atoms with Crippen LogP contribution in [0.3, 0.4) is 0 Å². The van der Waals surface area contributed by atoms with E-state index in [0.29, 0.717) is 11.4 Å². The van der Waals surface area contributed by atoms with E-state index in [9.17, 15) is 9.59 Å². The predicted octanol–water partition coefficient (Wildman–Crippen LogP) is 3.75. The first kappa shape index (κ1) is 22.8. The van der Waals surface area contributed by atoms with E-state index in [1.165, 1.54) is 6.42 Å². The lowest BCUT2D eigenvalue weighted by Crippen LogP contribution is -2.48. The second-order valence-electron chi connectivity index (χ2n) is 8.93. The van der Waals surface area contributed by atoms with E-state index in [4.69, 9.17) is 0 Å². The Bertz CT molecular complexity index is 1190. The average Bonchev–Trinajstić information content (AvgIpc) is 3.17. The van der Waals surface area contributed by atoms with Crippen LogP contribution in [0.25, 0.3) is 21.8 Å². The lowest BCUT2D eigenvalue weighted by molar-refractivity contribution is 0.0636. The molecule has 0 radical (unpaired) electrons. The van der Waals surface area contributed by atoms with Crippen LogP contribution in [0.2, 0.25) is 0 Å². The molecule has 1 saturated heterocycles. The zero-order valence-corrected chi connectivity index (χ0v) is 19.7. The van der Waals surface area contributed by atoms with E-state index in [1.807, 2.05) is 21.7 Å². The van der Waals surface area contributed by atoms with Crippen molar-refractivity contribution in [1.29, 1.82) is 0 Å². The number of amides is 1. The lowest BCUT2D eigenvalue weighted by Gasteiger charge is -2.35. The molecule has 3 heterocycles. The Morgan fingerprint density at radius 2 is 1.88 bits per heavy atom. The molecule has 1 aliphatic heterocycles. The van der Waals surface area contributed by atoms with Crippen LogP contribution in [0.15, 0.2) is 23.1 Å². The first-order chi connectivity index (χ1) is 15.1. The van der Waals surface area contributed by atoms with Gasteiger partial charge in [0.1, 0.15) is 0 Å². The summed E-state index contributed by atoms with van der Waals surface area (Å²) < 4.78 is 2.01. The van der Waals surface area contributed by atoms with Crippen molar-refractivity contribution in [1.82, 2.24) is 24.6 Å². The first-order valence-electron chi connectivity index (χ1n) is 11.7. The molecule has 7 nitrogen and oxygen atoms in total. The van der Waals surface area contributed by atoms with Crippen molar-refractivity contribution < 1.29 is 4.79 Å². The summed E-state index contributed by atoms with van der Waals surface area (Å²) in [4.78, 5) is 33.7. The maximum absolute atomic E-state index is 13.5. The van der Waals surface area contributed by atoms with Gasteiger partial charge in [-0.25, -0.2) is 0 Å². The Morgan fingerprint density at radius 3 is 2.50 bits per heavy atom. The highest BCUT2D eigenvalue weighted by Crippen LogP contribution is 2.35. The number of halogens is 1. The number of piperazine rings is 1. The minimum Gasteiger partial charge on any atom is -0.336 e. The standard InChI is InChI=1S/C24H31N5O2.ClH/c1-3-8-27-9-11-28(12-10-27)24(31)18-14-19-21(13-16(18)4-2)26-23(30)20-15-25-29(22(19)20)17-6-5-7-17;/h13-15,17H,3-12H2,1-2H3,(H,26,30);1H. The molecular weight excluding hydrogens is 426 g/mol. The molecule has 32 heavy (non-hydrogen) atoms. The first-order valence-corrected chi connectivity index (χ1v) is 11.7. The summed E-state index contributed by atoms with van der Waals surface area (Å²) in [6.07, 6.45) is 6.93. The maximum atomic E-state index is 13.5. The Kier molecular flexibility index (Phi) is 6.58. The molecule has 5 rings (SSSR count). The van der Waals surface area contributed by atoms with Crippen LogP contribution in [-0.4, -0.2) is 63.2 Å². The molecule has 8 heteroatoms. The molecule has 2 aromatic heterocycles. The van der Waals surface area contributed by atoms with Crippen LogP contribution < -0.4 is 5.56 Å². The highest BCUT2D eigenvalue weighted by atomic mass is 35.5. The molecule has 0 spiro atoms. The van der Waals surface area contributed by atoms with Crippen LogP contribution >= 0.6 is 12.4 Å². The SMILES string of the molecule is CCCN1CCN(C(=O)c2cc3c(cc2CC)[nH]c(=O)c2cnn(C4CCC4)c23)CC1.Cl. The molecule has 172 valence electrons. The van der Waals surface area contributed by atoms with Gasteiger partial charge in [0.05, 0.1) is 28.7 Å². The third-order valence-corrected chi connectivity index (χ3v) is 7.02. The quantitative estimate of drug-likeness (QED) is 0.633. The van der Waals surface area contributed by atoms with Crippen LogP contribution in [0.5, 0.6) is 0 Å². The second-order valence-corrected chi connectivity index (χ2v) is 8.93. The van der Waals surface area contributed by atoms with Gasteiger partial charge in [-0.2, -0.15) is 5.10 Å². The van der Waals surface area contributed by atoms with Gasteiger partial charge in [-0.1, -0.05) is 13.8 Å². The summed E-state index contributed by atoms with van der Waals surface area (Å²) in [5.41, 5.74) is 3.29. The molecule has 1 aliphatic carbocycles. The number of nitrogens with one attached hydrogen (secondary N) is 1. The Balaban J connectivity index is 0.00000245. The van der Waals surface area contributed by atoms with E-state index in [-0.39, 0.29) is 23.9 Å². The van der Waals surface area contributed by atoms with E-state index in [0.717, 1.165) is 86.0 Å². The van der Waals surface area contributed by atoms with Crippen LogP contribution in [-0.2, 0) is 6.42 Å². The zero-order valence-electron chi connectivity index (χ0n) is 18.9. The molecule has 3 aromatic rings. The number of hydrogen-bond acceptors (Lipinski definition) is 4. The largest absolute Gasteiger partial charge is 0.336 e. The van der Waals surface area contributed by atoms with Crippen LogP contribution in [0.4, 0.5) is 0 Å². The number of fused-ring (bicyclic) bond motifs is 3. The molecule has 1 N–H and O–H groups in total. The molecule has 1 amide bonds. The summed E-state index contributed by atoms with van der Waals surface area (Å²) in [6.45, 7) is 8.74. The zero-order chi connectivity index (χ0) is 21.5. The van der Waals surface area contributed by atoms with Crippen LogP contribution in [0, 0.1) is 0 Å². The molecule has 0 atom stereocenters. The number of hydrogen-bond donors (Lipinski definition) is 1. The molecule has 1 aromatic carbocycles. The Labute approximate surface area is 194 Å². The number of H-pyrrole nitrogens is 1. The minimum absolute atomic E-state index is 0. The van der Waals surface area contributed by atoms with Crippen molar-refractivity contribution in [2.45, 2.75) is 52.0 Å². The van der Waals surface area contributed by atoms with Crippen molar-refractivity contribution in [2.75, 3.05) is 32.7 Å². The van der Waals surface area contributed by atoms with Crippen molar-refractivity contribution >= 4 is 40.1 Å². The topological polar surface area (TPSA) is 74.2 Å². The number of nitrogens with zero attached hydrogens (tertiary/aromatic N) is 4. The average molecular weight is 458 g/mol. The minimum atomic E-state index is -0.110. The second kappa shape index (κ2) is 9.24. The molecule has 0 unspecified atom stereocenters. The molecule has 2 aliphatic rings. The van der Waals surface area contributed by atoms with Gasteiger partial charge in [0.25, 0.3) is 11.5 Å². The summed E-state index contributed by atoms with van der Waals surface area (Å²) >= 11 is 0. The Hall–Kier alpha value is -2.38. The van der Waals surface area contributed by atoms with E-state index in [1.54, 1.807) is 6.20 Å². The summed E-state index contributed by atoms with van der Waals surface area (Å²) in [7, 11) is 0. The number of pyridine rings is 1. The number of carbonyl (C=O) groups is 1. The monoisotopic (exact) mass is 457 g/mol. The van der Waals surface area contributed by atoms with Gasteiger partial charge in [-0.15, -0.1) is 12.4 Å². The van der Waals surface area contributed by atoms with E-state index in [2.05, 4.69) is 28.8 Å². The third kappa shape index (κ3) is 3.82. The van der Waals surface area contributed by atoms with Gasteiger partial charge in [-0.3, -0.25) is 19.2 Å². The normalized spacial score (nSPS) is 17.5.